The van der Waals surface area contributed by atoms with Gasteiger partial charge in [0.1, 0.15) is 17.1 Å². The Morgan fingerprint density at radius 3 is 2.58 bits per heavy atom. The van der Waals surface area contributed by atoms with Crippen molar-refractivity contribution in [3.63, 3.8) is 0 Å². The molecule has 0 amide bonds. The lowest BCUT2D eigenvalue weighted by Crippen LogP contribution is -2.37. The van der Waals surface area contributed by atoms with Crippen LogP contribution in [0.15, 0.2) is 28.9 Å². The van der Waals surface area contributed by atoms with Gasteiger partial charge < -0.3 is 24.5 Å². The lowest BCUT2D eigenvalue weighted by Gasteiger charge is -2.26. The second-order valence-corrected chi connectivity index (χ2v) is 6.28. The van der Waals surface area contributed by atoms with Crippen LogP contribution in [0.3, 0.4) is 0 Å². The molecule has 1 aliphatic rings. The summed E-state index contributed by atoms with van der Waals surface area (Å²) in [6.45, 7) is 7.63. The fourth-order valence-electron chi connectivity index (χ4n) is 2.63. The van der Waals surface area contributed by atoms with Gasteiger partial charge in [0, 0.05) is 44.1 Å². The van der Waals surface area contributed by atoms with Crippen molar-refractivity contribution in [3.8, 4) is 0 Å². The molecule has 3 rings (SSSR count). The van der Waals surface area contributed by atoms with E-state index in [0.29, 0.717) is 32.1 Å². The first kappa shape index (κ1) is 16.9. The van der Waals surface area contributed by atoms with Crippen LogP contribution >= 0.6 is 0 Å². The number of aromatic nitrogens is 2. The van der Waals surface area contributed by atoms with Crippen molar-refractivity contribution in [1.29, 1.82) is 0 Å². The normalized spacial score (nSPS) is 17.7. The number of rotatable bonds is 6. The summed E-state index contributed by atoms with van der Waals surface area (Å²) in [5.74, 6) is 2.09. The highest BCUT2D eigenvalue weighted by Crippen LogP contribution is 2.22. The Labute approximate surface area is 141 Å². The Bertz CT molecular complexity index is 648. The first-order chi connectivity index (χ1) is 11.5. The SMILES string of the molecule is Cc1ccc(C(C)(O)CNCc2cnc(N3CCOCC3)nc2)o1. The molecule has 0 aliphatic carbocycles. The predicted octanol–water partition coefficient (Wildman–Crippen LogP) is 1.21. The van der Waals surface area contributed by atoms with Crippen LogP contribution in [0.1, 0.15) is 24.0 Å². The van der Waals surface area contributed by atoms with Crippen molar-refractivity contribution < 1.29 is 14.3 Å². The van der Waals surface area contributed by atoms with Gasteiger partial charge in [0.15, 0.2) is 0 Å². The minimum atomic E-state index is -1.05. The van der Waals surface area contributed by atoms with E-state index < -0.39 is 5.60 Å². The molecule has 2 aromatic rings. The molecule has 0 saturated carbocycles. The third kappa shape index (κ3) is 4.11. The zero-order valence-electron chi connectivity index (χ0n) is 14.2. The molecular formula is C17H24N4O3. The van der Waals surface area contributed by atoms with E-state index in [2.05, 4.69) is 20.2 Å². The van der Waals surface area contributed by atoms with E-state index >= 15 is 0 Å². The van der Waals surface area contributed by atoms with E-state index in [0.717, 1.165) is 30.4 Å². The number of morpholine rings is 1. The molecule has 0 spiro atoms. The van der Waals surface area contributed by atoms with Gasteiger partial charge in [-0.05, 0) is 26.0 Å². The number of furan rings is 1. The zero-order chi connectivity index (χ0) is 17.0. The smallest absolute Gasteiger partial charge is 0.225 e. The lowest BCUT2D eigenvalue weighted by molar-refractivity contribution is 0.0332. The average Bonchev–Trinajstić information content (AvgIpc) is 3.04. The van der Waals surface area contributed by atoms with Gasteiger partial charge in [0.05, 0.1) is 13.2 Å². The molecule has 2 aromatic heterocycles. The fraction of sp³-hybridized carbons (Fsp3) is 0.529. The molecule has 7 nitrogen and oxygen atoms in total. The minimum Gasteiger partial charge on any atom is -0.463 e. The van der Waals surface area contributed by atoms with Gasteiger partial charge in [-0.2, -0.15) is 0 Å². The van der Waals surface area contributed by atoms with Crippen LogP contribution in [0.25, 0.3) is 0 Å². The number of hydrogen-bond acceptors (Lipinski definition) is 7. The summed E-state index contributed by atoms with van der Waals surface area (Å²) in [7, 11) is 0. The molecule has 1 atom stereocenters. The number of hydrogen-bond donors (Lipinski definition) is 2. The Morgan fingerprint density at radius 2 is 1.96 bits per heavy atom. The quantitative estimate of drug-likeness (QED) is 0.822. The van der Waals surface area contributed by atoms with Crippen LogP contribution in [0.5, 0.6) is 0 Å². The lowest BCUT2D eigenvalue weighted by atomic mass is 10.0. The number of aliphatic hydroxyl groups is 1. The number of ether oxygens (including phenoxy) is 1. The molecule has 24 heavy (non-hydrogen) atoms. The van der Waals surface area contributed by atoms with Crippen LogP contribution in [0, 0.1) is 6.92 Å². The van der Waals surface area contributed by atoms with Crippen molar-refractivity contribution >= 4 is 5.95 Å². The second kappa shape index (κ2) is 7.29. The van der Waals surface area contributed by atoms with Gasteiger partial charge in [0.2, 0.25) is 5.95 Å². The van der Waals surface area contributed by atoms with Gasteiger partial charge in [-0.15, -0.1) is 0 Å². The first-order valence-electron chi connectivity index (χ1n) is 8.18. The highest BCUT2D eigenvalue weighted by atomic mass is 16.5. The summed E-state index contributed by atoms with van der Waals surface area (Å²) >= 11 is 0. The molecule has 3 heterocycles. The van der Waals surface area contributed by atoms with Gasteiger partial charge in [-0.3, -0.25) is 0 Å². The monoisotopic (exact) mass is 332 g/mol. The molecule has 1 saturated heterocycles. The maximum atomic E-state index is 10.5. The predicted molar refractivity (Wildman–Crippen MR) is 89.8 cm³/mol. The molecule has 0 radical (unpaired) electrons. The topological polar surface area (TPSA) is 83.7 Å². The summed E-state index contributed by atoms with van der Waals surface area (Å²) in [6.07, 6.45) is 3.63. The van der Waals surface area contributed by atoms with E-state index in [1.807, 2.05) is 25.4 Å². The van der Waals surface area contributed by atoms with Gasteiger partial charge >= 0.3 is 0 Å². The largest absolute Gasteiger partial charge is 0.463 e. The maximum Gasteiger partial charge on any atom is 0.225 e. The molecule has 0 aromatic carbocycles. The number of aryl methyl sites for hydroxylation is 1. The molecule has 1 unspecified atom stereocenters. The van der Waals surface area contributed by atoms with E-state index in [4.69, 9.17) is 9.15 Å². The highest BCUT2D eigenvalue weighted by Gasteiger charge is 2.26. The van der Waals surface area contributed by atoms with E-state index in [1.54, 1.807) is 13.0 Å². The number of nitrogens with one attached hydrogen (secondary N) is 1. The highest BCUT2D eigenvalue weighted by molar-refractivity contribution is 5.30. The number of anilines is 1. The summed E-state index contributed by atoms with van der Waals surface area (Å²) < 4.78 is 10.8. The third-order valence-electron chi connectivity index (χ3n) is 4.06. The van der Waals surface area contributed by atoms with Crippen molar-refractivity contribution in [2.24, 2.45) is 0 Å². The minimum absolute atomic E-state index is 0.380. The molecule has 1 aliphatic heterocycles. The van der Waals surface area contributed by atoms with Gasteiger partial charge in [0.25, 0.3) is 0 Å². The molecule has 2 N–H and O–H groups in total. The van der Waals surface area contributed by atoms with Crippen molar-refractivity contribution in [1.82, 2.24) is 15.3 Å². The molecule has 1 fully saturated rings. The van der Waals surface area contributed by atoms with Gasteiger partial charge in [-0.1, -0.05) is 0 Å². The second-order valence-electron chi connectivity index (χ2n) is 6.28. The molecule has 130 valence electrons. The van der Waals surface area contributed by atoms with Crippen molar-refractivity contribution in [2.45, 2.75) is 26.0 Å². The first-order valence-corrected chi connectivity index (χ1v) is 8.18. The molecule has 0 bridgehead atoms. The van der Waals surface area contributed by atoms with Crippen molar-refractivity contribution in [2.75, 3.05) is 37.7 Å². The van der Waals surface area contributed by atoms with Crippen LogP contribution in [-0.4, -0.2) is 47.9 Å². The molecular weight excluding hydrogens is 308 g/mol. The Kier molecular flexibility index (Phi) is 5.13. The van der Waals surface area contributed by atoms with E-state index in [9.17, 15) is 5.11 Å². The van der Waals surface area contributed by atoms with Crippen LogP contribution < -0.4 is 10.2 Å². The van der Waals surface area contributed by atoms with Crippen LogP contribution in [-0.2, 0) is 16.9 Å². The number of nitrogens with zero attached hydrogens (tertiary/aromatic N) is 3. The van der Waals surface area contributed by atoms with E-state index in [1.165, 1.54) is 0 Å². The summed E-state index contributed by atoms with van der Waals surface area (Å²) in [4.78, 5) is 11.0. The molecule has 7 heteroatoms. The van der Waals surface area contributed by atoms with E-state index in [-0.39, 0.29) is 0 Å². The summed E-state index contributed by atoms with van der Waals surface area (Å²) in [5, 5.41) is 13.7. The van der Waals surface area contributed by atoms with Crippen LogP contribution in [0.4, 0.5) is 5.95 Å². The zero-order valence-corrected chi connectivity index (χ0v) is 14.2. The third-order valence-corrected chi connectivity index (χ3v) is 4.06. The fourth-order valence-corrected chi connectivity index (χ4v) is 2.63. The maximum absolute atomic E-state index is 10.5. The van der Waals surface area contributed by atoms with Crippen LogP contribution in [0.2, 0.25) is 0 Å². The Hall–Kier alpha value is -1.96. The summed E-state index contributed by atoms with van der Waals surface area (Å²) in [5.41, 5.74) is -0.0819. The summed E-state index contributed by atoms with van der Waals surface area (Å²) in [6, 6.07) is 3.65. The standard InChI is InChI=1S/C17H24N4O3/c1-13-3-4-15(24-13)17(2,22)12-18-9-14-10-19-16(20-11-14)21-5-7-23-8-6-21/h3-4,10-11,18,22H,5-9,12H2,1-2H3. The average molecular weight is 332 g/mol. The Morgan fingerprint density at radius 1 is 1.25 bits per heavy atom. The Balaban J connectivity index is 1.51. The van der Waals surface area contributed by atoms with Crippen molar-refractivity contribution in [3.05, 3.63) is 41.6 Å². The van der Waals surface area contributed by atoms with Gasteiger partial charge in [-0.25, -0.2) is 9.97 Å².